The Labute approximate surface area is 48.8 Å². The second kappa shape index (κ2) is 3.24. The molecule has 45 valence electrons. The average Bonchev–Trinajstić information content (AvgIpc) is 1.65. The minimum atomic E-state index is -0.803. The summed E-state index contributed by atoms with van der Waals surface area (Å²) in [5, 5.41) is 8.15. The van der Waals surface area contributed by atoms with Crippen LogP contribution in [0.5, 0.6) is 0 Å². The maximum atomic E-state index is 9.90. The van der Waals surface area contributed by atoms with Crippen molar-refractivity contribution in [3.8, 4) is 0 Å². The molecule has 0 aliphatic rings. The predicted molar refractivity (Wildman–Crippen MR) is 31.4 cm³/mol. The molecule has 0 unspecified atom stereocenters. The summed E-state index contributed by atoms with van der Waals surface area (Å²) >= 11 is 0. The maximum absolute atomic E-state index is 9.90. The van der Waals surface area contributed by atoms with Gasteiger partial charge in [-0.25, -0.2) is 0 Å². The third-order valence-corrected chi connectivity index (χ3v) is 0.779. The lowest BCUT2D eigenvalue weighted by atomic mass is 10.2. The Hall–Kier alpha value is -0.790. The van der Waals surface area contributed by atoms with Gasteiger partial charge in [0.1, 0.15) is 0 Å². The van der Waals surface area contributed by atoms with Gasteiger partial charge in [0.2, 0.25) is 0 Å². The number of carboxylic acid groups (broad SMARTS) is 1. The van der Waals surface area contributed by atoms with Crippen LogP contribution >= 0.6 is 0 Å². The van der Waals surface area contributed by atoms with Crippen LogP contribution in [0.25, 0.3) is 0 Å². The monoisotopic (exact) mass is 113 g/mol. The van der Waals surface area contributed by atoms with Gasteiger partial charge in [0, 0.05) is 0 Å². The SMILES string of the molecule is [CH2]C=C(C)CC(=O)O. The number of hydrogen-bond donors (Lipinski definition) is 1. The molecule has 0 aliphatic heterocycles. The molecule has 0 aromatic rings. The molecular formula is C6H9O2. The van der Waals surface area contributed by atoms with Gasteiger partial charge in [-0.2, -0.15) is 0 Å². The zero-order valence-electron chi connectivity index (χ0n) is 4.85. The highest BCUT2D eigenvalue weighted by Crippen LogP contribution is 1.96. The number of rotatable bonds is 2. The summed E-state index contributed by atoms with van der Waals surface area (Å²) in [6.07, 6.45) is 1.65. The van der Waals surface area contributed by atoms with Crippen molar-refractivity contribution in [1.82, 2.24) is 0 Å². The standard InChI is InChI=1S/C6H9O2/c1-3-5(2)4-6(7)8/h3H,1,4H2,2H3,(H,7,8). The lowest BCUT2D eigenvalue weighted by molar-refractivity contribution is -0.136. The molecule has 2 heteroatoms. The van der Waals surface area contributed by atoms with Crippen LogP contribution < -0.4 is 0 Å². The average molecular weight is 113 g/mol. The number of hydrogen-bond acceptors (Lipinski definition) is 1. The third kappa shape index (κ3) is 3.40. The highest BCUT2D eigenvalue weighted by molar-refractivity contribution is 5.69. The fraction of sp³-hybridized carbons (Fsp3) is 0.333. The van der Waals surface area contributed by atoms with Crippen LogP contribution in [0.15, 0.2) is 11.6 Å². The van der Waals surface area contributed by atoms with Gasteiger partial charge in [0.05, 0.1) is 6.42 Å². The zero-order chi connectivity index (χ0) is 6.57. The summed E-state index contributed by atoms with van der Waals surface area (Å²) in [7, 11) is 0. The first-order valence-electron chi connectivity index (χ1n) is 2.33. The van der Waals surface area contributed by atoms with Crippen molar-refractivity contribution in [3.05, 3.63) is 18.6 Å². The summed E-state index contributed by atoms with van der Waals surface area (Å²) in [4.78, 5) is 9.90. The van der Waals surface area contributed by atoms with E-state index in [4.69, 9.17) is 5.11 Å². The molecule has 0 aromatic heterocycles. The highest BCUT2D eigenvalue weighted by atomic mass is 16.4. The molecule has 0 saturated heterocycles. The van der Waals surface area contributed by atoms with Crippen molar-refractivity contribution in [1.29, 1.82) is 0 Å². The van der Waals surface area contributed by atoms with Crippen LogP contribution in [0.1, 0.15) is 13.3 Å². The third-order valence-electron chi connectivity index (χ3n) is 0.779. The molecule has 0 fully saturated rings. The van der Waals surface area contributed by atoms with E-state index in [0.29, 0.717) is 0 Å². The van der Waals surface area contributed by atoms with E-state index >= 15 is 0 Å². The van der Waals surface area contributed by atoms with Crippen molar-refractivity contribution in [3.63, 3.8) is 0 Å². The van der Waals surface area contributed by atoms with E-state index in [1.165, 1.54) is 0 Å². The van der Waals surface area contributed by atoms with Crippen LogP contribution in [-0.2, 0) is 4.79 Å². The minimum absolute atomic E-state index is 0.101. The molecule has 0 amide bonds. The van der Waals surface area contributed by atoms with E-state index in [0.717, 1.165) is 5.57 Å². The molecule has 0 heterocycles. The first-order valence-corrected chi connectivity index (χ1v) is 2.33. The van der Waals surface area contributed by atoms with Gasteiger partial charge < -0.3 is 5.11 Å². The Bertz CT molecular complexity index is 114. The van der Waals surface area contributed by atoms with Gasteiger partial charge in [-0.3, -0.25) is 4.79 Å². The second-order valence-electron chi connectivity index (χ2n) is 1.62. The molecular weight excluding hydrogens is 104 g/mol. The van der Waals surface area contributed by atoms with Gasteiger partial charge >= 0.3 is 5.97 Å². The summed E-state index contributed by atoms with van der Waals surface area (Å²) in [6.45, 7) is 5.15. The van der Waals surface area contributed by atoms with Crippen molar-refractivity contribution in [2.24, 2.45) is 0 Å². The molecule has 0 aliphatic carbocycles. The Morgan fingerprint density at radius 2 is 2.38 bits per heavy atom. The van der Waals surface area contributed by atoms with E-state index < -0.39 is 5.97 Å². The lowest BCUT2D eigenvalue weighted by Gasteiger charge is -1.89. The molecule has 8 heavy (non-hydrogen) atoms. The normalized spacial score (nSPS) is 11.5. The van der Waals surface area contributed by atoms with Crippen LogP contribution in [0.3, 0.4) is 0 Å². The summed E-state index contributed by atoms with van der Waals surface area (Å²) in [6, 6.07) is 0. The molecule has 0 bridgehead atoms. The van der Waals surface area contributed by atoms with E-state index in [-0.39, 0.29) is 6.42 Å². The Balaban J connectivity index is 3.56. The van der Waals surface area contributed by atoms with Crippen molar-refractivity contribution in [2.45, 2.75) is 13.3 Å². The maximum Gasteiger partial charge on any atom is 0.307 e. The summed E-state index contributed by atoms with van der Waals surface area (Å²) in [5.41, 5.74) is 0.789. The van der Waals surface area contributed by atoms with E-state index in [2.05, 4.69) is 6.92 Å². The minimum Gasteiger partial charge on any atom is -0.481 e. The van der Waals surface area contributed by atoms with Crippen LogP contribution in [0, 0.1) is 6.92 Å². The highest BCUT2D eigenvalue weighted by Gasteiger charge is 1.94. The Morgan fingerprint density at radius 3 is 2.50 bits per heavy atom. The van der Waals surface area contributed by atoms with E-state index in [1.54, 1.807) is 13.0 Å². The van der Waals surface area contributed by atoms with Crippen molar-refractivity contribution >= 4 is 5.97 Å². The van der Waals surface area contributed by atoms with E-state index in [9.17, 15) is 4.79 Å². The van der Waals surface area contributed by atoms with Gasteiger partial charge in [0.25, 0.3) is 0 Å². The fourth-order valence-corrected chi connectivity index (χ4v) is 0.311. The van der Waals surface area contributed by atoms with Crippen LogP contribution in [0.2, 0.25) is 0 Å². The van der Waals surface area contributed by atoms with E-state index in [1.807, 2.05) is 0 Å². The quantitative estimate of drug-likeness (QED) is 0.585. The number of allylic oxidation sites excluding steroid dienone is 1. The van der Waals surface area contributed by atoms with Crippen LogP contribution in [0.4, 0.5) is 0 Å². The number of aliphatic carboxylic acids is 1. The summed E-state index contributed by atoms with van der Waals surface area (Å²) < 4.78 is 0. The topological polar surface area (TPSA) is 37.3 Å². The second-order valence-corrected chi connectivity index (χ2v) is 1.62. The predicted octanol–water partition coefficient (Wildman–Crippen LogP) is 1.24. The largest absolute Gasteiger partial charge is 0.481 e. The zero-order valence-corrected chi connectivity index (χ0v) is 4.85. The lowest BCUT2D eigenvalue weighted by Crippen LogP contribution is -1.93. The Morgan fingerprint density at radius 1 is 1.88 bits per heavy atom. The first kappa shape index (κ1) is 7.21. The summed E-state index contributed by atoms with van der Waals surface area (Å²) in [5.74, 6) is -0.803. The number of carboxylic acids is 1. The Kier molecular flexibility index (Phi) is 2.92. The molecule has 2 nitrogen and oxygen atoms in total. The smallest absolute Gasteiger partial charge is 0.307 e. The van der Waals surface area contributed by atoms with Gasteiger partial charge in [-0.15, -0.1) is 0 Å². The first-order chi connectivity index (χ1) is 3.66. The van der Waals surface area contributed by atoms with Crippen molar-refractivity contribution < 1.29 is 9.90 Å². The van der Waals surface area contributed by atoms with Gasteiger partial charge in [0.15, 0.2) is 0 Å². The van der Waals surface area contributed by atoms with Crippen molar-refractivity contribution in [2.75, 3.05) is 0 Å². The molecule has 0 spiro atoms. The van der Waals surface area contributed by atoms with Crippen LogP contribution in [-0.4, -0.2) is 11.1 Å². The van der Waals surface area contributed by atoms with Gasteiger partial charge in [-0.05, 0) is 13.8 Å². The number of carbonyl (C=O) groups is 1. The molecule has 0 rings (SSSR count). The molecule has 1 N–H and O–H groups in total. The molecule has 0 saturated carbocycles. The fourth-order valence-electron chi connectivity index (χ4n) is 0.311. The van der Waals surface area contributed by atoms with Gasteiger partial charge in [-0.1, -0.05) is 11.6 Å². The molecule has 0 atom stereocenters. The molecule has 1 radical (unpaired) electrons. The molecule has 0 aromatic carbocycles.